The molecule has 40 unspecified atom stereocenters. The van der Waals surface area contributed by atoms with E-state index in [0.29, 0.717) is 6.42 Å². The lowest BCUT2D eigenvalue weighted by Gasteiger charge is -2.52. The van der Waals surface area contributed by atoms with E-state index in [1.54, 1.807) is 62.3 Å². The summed E-state index contributed by atoms with van der Waals surface area (Å²) in [5, 5.41) is 204. The molecule has 0 saturated carbocycles. The molecule has 40 atom stereocenters. The minimum absolute atomic E-state index is 0.0223. The Morgan fingerprint density at radius 3 is 0.937 bits per heavy atom. The first kappa shape index (κ1) is 107. The molecule has 732 valence electrons. The number of ether oxygens (including phenoxy) is 17. The summed E-state index contributed by atoms with van der Waals surface area (Å²) in [6.07, 6.45) is -72.9. The Labute approximate surface area is 732 Å². The van der Waals surface area contributed by atoms with Crippen LogP contribution in [0.3, 0.4) is 0 Å². The zero-order valence-electron chi connectivity index (χ0n) is 73.6. The number of aliphatic carboxylic acids is 1. The average Bonchev–Trinajstić information content (AvgIpc) is 0.760. The number of carboxylic acids is 1. The van der Waals surface area contributed by atoms with Crippen LogP contribution in [0.4, 0.5) is 0 Å². The zero-order valence-corrected chi connectivity index (χ0v) is 73.6. The van der Waals surface area contributed by atoms with Gasteiger partial charge in [0, 0.05) is 40.8 Å². The second-order valence-electron chi connectivity index (χ2n) is 36.9. The Bertz CT molecular complexity index is 3600. The molecule has 8 rings (SSSR count). The van der Waals surface area contributed by atoms with E-state index in [2.05, 4.69) is 31.9 Å². The standard InChI is InChI=1S/C78H134N8O41/c1-27(90)83-35-51(39(94)31(23-87)112-63(35)75(5,6)7)116-71-47(102)43(98)55(59(122-71)65(106)81-21-17-19-79)120-69-37(85-29(3)92)54(41(96)32(24-88)114-69)119-74-50(105)46(101)58(127-78(14,15)16)62(125-74)68(110)111-26-34-42(97)52(36(84-28(2)91)64(113-34)76(8,9)10)117-73-48(103)44(99)56(61(124-73)67(108)109)121-70-38(86-30(4)93)53(40(95)33(25-89)115-70)118-72-49(104)45(100)57(126-77(11,12)13)60(123-72)66(107)82-22-18-20-80/h31-64,69-74,87-89,94-105H,17-26,79-80H2,1-16H3,(H,81,106)(H,82,107)(H,83,90)(H,84,91)(H,85,92)(H,86,93)(H,108,109)/p-1. The molecule has 0 bridgehead atoms. The zero-order chi connectivity index (χ0) is 95.0. The van der Waals surface area contributed by atoms with Crippen molar-refractivity contribution in [1.82, 2.24) is 31.9 Å². The lowest BCUT2D eigenvalue weighted by Crippen LogP contribution is -2.72. The molecule has 8 saturated heterocycles. The van der Waals surface area contributed by atoms with Crippen LogP contribution in [0.1, 0.15) is 124 Å². The van der Waals surface area contributed by atoms with Gasteiger partial charge in [0.1, 0.15) is 171 Å². The minimum Gasteiger partial charge on any atom is -0.547 e. The molecule has 0 aromatic heterocycles. The predicted octanol–water partition coefficient (Wildman–Crippen LogP) is -12.8. The fraction of sp³-hybridized carbons (Fsp3) is 0.897. The largest absolute Gasteiger partial charge is 0.547 e. The maximum atomic E-state index is 15.0. The maximum Gasteiger partial charge on any atom is 0.338 e. The minimum atomic E-state index is -2.60. The highest BCUT2D eigenvalue weighted by atomic mass is 16.8. The third kappa shape index (κ3) is 26.3. The van der Waals surface area contributed by atoms with Crippen LogP contribution in [0.2, 0.25) is 0 Å². The third-order valence-electron chi connectivity index (χ3n) is 22.1. The van der Waals surface area contributed by atoms with Gasteiger partial charge in [-0.1, -0.05) is 41.5 Å². The fourth-order valence-corrected chi connectivity index (χ4v) is 16.2. The number of esters is 1. The van der Waals surface area contributed by atoms with Gasteiger partial charge in [-0.3, -0.25) is 28.8 Å². The van der Waals surface area contributed by atoms with Gasteiger partial charge in [-0.25, -0.2) is 4.79 Å². The molecule has 49 nitrogen and oxygen atoms in total. The van der Waals surface area contributed by atoms with Crippen molar-refractivity contribution in [3.05, 3.63) is 0 Å². The molecule has 49 heteroatoms. The SMILES string of the molecule is CC(=O)NC1C(OC2C(C(=O)[O-])OC(OC3C(O)C(COC(=O)C4OC(OC5C(O)C(CO)OC(OC6C(C(=O)NCCCN)OC(OC7C(O)C(CO)OC(C(C)(C)C)C7NC(C)=O)C(O)C6O)C5NC(C)=O)C(O)C(O)C4OC(C)(C)C)OC(C(C)(C)C)C3NC(C)=O)C(O)C2O)OC(CO)C(O)C1OC1OC(C(=O)NCCCN)C(OC(C)(C)C)C(O)C1O. The summed E-state index contributed by atoms with van der Waals surface area (Å²) in [6, 6.07) is -6.67. The van der Waals surface area contributed by atoms with Crippen LogP contribution in [0, 0.1) is 10.8 Å². The van der Waals surface area contributed by atoms with E-state index in [0.717, 1.165) is 27.7 Å². The highest BCUT2D eigenvalue weighted by Crippen LogP contribution is 2.43. The summed E-state index contributed by atoms with van der Waals surface area (Å²) < 4.78 is 103. The van der Waals surface area contributed by atoms with E-state index in [-0.39, 0.29) is 32.6 Å². The maximum absolute atomic E-state index is 15.0. The second-order valence-corrected chi connectivity index (χ2v) is 36.9. The summed E-state index contributed by atoms with van der Waals surface area (Å²) in [5.74, 6) is -8.93. The van der Waals surface area contributed by atoms with Gasteiger partial charge in [-0.15, -0.1) is 0 Å². The number of hydrogen-bond acceptors (Lipinski definition) is 43. The lowest BCUT2D eigenvalue weighted by atomic mass is 9.78. The Morgan fingerprint density at radius 2 is 0.614 bits per heavy atom. The number of rotatable bonds is 33. The van der Waals surface area contributed by atoms with Gasteiger partial charge < -0.3 is 210 Å². The molecule has 25 N–H and O–H groups in total. The van der Waals surface area contributed by atoms with Crippen LogP contribution in [0.25, 0.3) is 0 Å². The van der Waals surface area contributed by atoms with Crippen LogP contribution in [-0.2, 0) is 119 Å². The second kappa shape index (κ2) is 45.0. The van der Waals surface area contributed by atoms with E-state index in [1.807, 2.05) is 0 Å². The van der Waals surface area contributed by atoms with Gasteiger partial charge in [0.2, 0.25) is 23.6 Å². The molecule has 0 aliphatic carbocycles. The van der Waals surface area contributed by atoms with Crippen LogP contribution in [-0.4, -0.2) is 433 Å². The first-order valence-electron chi connectivity index (χ1n) is 42.1. The van der Waals surface area contributed by atoms with E-state index >= 15 is 4.79 Å². The molecule has 0 aromatic carbocycles. The number of carboxylic acid groups (broad SMARTS) is 1. The molecule has 127 heavy (non-hydrogen) atoms. The summed E-state index contributed by atoms with van der Waals surface area (Å²) >= 11 is 0. The molecule has 8 aliphatic rings. The number of nitrogens with two attached hydrogens (primary N) is 2. The first-order chi connectivity index (χ1) is 59.1. The van der Waals surface area contributed by atoms with Crippen LogP contribution < -0.4 is 48.5 Å². The van der Waals surface area contributed by atoms with Gasteiger partial charge in [0.05, 0.1) is 61.3 Å². The Balaban J connectivity index is 1.05. The normalized spacial score (nSPS) is 41.2. The van der Waals surface area contributed by atoms with Crippen molar-refractivity contribution in [2.75, 3.05) is 52.6 Å². The summed E-state index contributed by atoms with van der Waals surface area (Å²) in [7, 11) is 0. The van der Waals surface area contributed by atoms with Gasteiger partial charge >= 0.3 is 5.97 Å². The Kier molecular flexibility index (Phi) is 37.8. The summed E-state index contributed by atoms with van der Waals surface area (Å²) in [5.41, 5.74) is 6.95. The number of carbonyl (C=O) groups excluding carboxylic acids is 8. The van der Waals surface area contributed by atoms with Gasteiger partial charge in [0.25, 0.3) is 11.8 Å². The average molecular weight is 1840 g/mol. The molecular formula is C78H133N8O41-. The smallest absolute Gasteiger partial charge is 0.338 e. The van der Waals surface area contributed by atoms with Crippen LogP contribution in [0.15, 0.2) is 0 Å². The van der Waals surface area contributed by atoms with Crippen molar-refractivity contribution in [1.29, 1.82) is 0 Å². The van der Waals surface area contributed by atoms with Gasteiger partial charge in [-0.05, 0) is 78.3 Å². The van der Waals surface area contributed by atoms with Crippen molar-refractivity contribution in [3.8, 4) is 0 Å². The molecular weight excluding hydrogens is 1700 g/mol. The third-order valence-corrected chi connectivity index (χ3v) is 22.1. The molecule has 0 spiro atoms. The summed E-state index contributed by atoms with van der Waals surface area (Å²) in [6.45, 7) is 19.4. The monoisotopic (exact) mass is 1840 g/mol. The molecule has 8 heterocycles. The predicted molar refractivity (Wildman–Crippen MR) is 420 cm³/mol. The number of nitrogens with one attached hydrogen (secondary N) is 6. The van der Waals surface area contributed by atoms with Crippen LogP contribution in [0.5, 0.6) is 0 Å². The van der Waals surface area contributed by atoms with Crippen molar-refractivity contribution in [2.45, 2.75) is 380 Å². The number of hydrogen-bond donors (Lipinski definition) is 23. The highest BCUT2D eigenvalue weighted by Gasteiger charge is 2.63. The Hall–Kier alpha value is -5.56. The lowest BCUT2D eigenvalue weighted by molar-refractivity contribution is -0.383. The molecule has 8 fully saturated rings. The molecule has 6 amide bonds. The highest BCUT2D eigenvalue weighted by molar-refractivity contribution is 5.82. The van der Waals surface area contributed by atoms with E-state index < -0.39 is 341 Å². The molecule has 0 radical (unpaired) electrons. The van der Waals surface area contributed by atoms with Crippen molar-refractivity contribution in [3.63, 3.8) is 0 Å². The van der Waals surface area contributed by atoms with Crippen LogP contribution >= 0.6 is 0 Å². The summed E-state index contributed by atoms with van der Waals surface area (Å²) in [4.78, 5) is 109. The van der Waals surface area contributed by atoms with E-state index in [9.17, 15) is 115 Å². The molecule has 0 aromatic rings. The van der Waals surface area contributed by atoms with Crippen molar-refractivity contribution < 1.29 is 201 Å². The number of aliphatic hydroxyl groups excluding tert-OH is 15. The van der Waals surface area contributed by atoms with Gasteiger partial charge in [-0.2, -0.15) is 0 Å². The molecule has 8 aliphatic heterocycles. The van der Waals surface area contributed by atoms with E-state index in [4.69, 9.17) is 92.0 Å². The van der Waals surface area contributed by atoms with Crippen molar-refractivity contribution in [2.24, 2.45) is 22.3 Å². The number of aliphatic hydroxyl groups is 15. The fourth-order valence-electron chi connectivity index (χ4n) is 16.2. The topological polar surface area (TPSA) is 744 Å². The van der Waals surface area contributed by atoms with Gasteiger partial charge in [0.15, 0.2) is 56.1 Å². The quantitative estimate of drug-likeness (QED) is 0.0214. The number of amides is 6. The van der Waals surface area contributed by atoms with E-state index in [1.165, 1.54) is 20.8 Å². The van der Waals surface area contributed by atoms with Crippen molar-refractivity contribution >= 4 is 47.4 Å². The first-order valence-corrected chi connectivity index (χ1v) is 42.1. The number of carbonyl (C=O) groups is 8. The Morgan fingerprint density at radius 1 is 0.339 bits per heavy atom.